The van der Waals surface area contributed by atoms with Crippen LogP contribution in [-0.4, -0.2) is 41.3 Å². The molecule has 1 atom stereocenters. The van der Waals surface area contributed by atoms with Crippen LogP contribution in [-0.2, 0) is 35.1 Å². The summed E-state index contributed by atoms with van der Waals surface area (Å²) >= 11 is 0. The fraction of sp³-hybridized carbons (Fsp3) is 0.632. The molecule has 0 spiro atoms. The van der Waals surface area contributed by atoms with Crippen molar-refractivity contribution < 1.29 is 28.6 Å². The Kier molecular flexibility index (Phi) is 7.86. The van der Waals surface area contributed by atoms with Crippen molar-refractivity contribution in [1.82, 2.24) is 4.57 Å². The Morgan fingerprint density at radius 2 is 1.54 bits per heavy atom. The van der Waals surface area contributed by atoms with Crippen LogP contribution in [0.4, 0.5) is 0 Å². The summed E-state index contributed by atoms with van der Waals surface area (Å²) in [5, 5.41) is 0. The van der Waals surface area contributed by atoms with Crippen molar-refractivity contribution in [2.24, 2.45) is 5.92 Å². The Labute approximate surface area is 154 Å². The number of hydrogen-bond donors (Lipinski definition) is 0. The van der Waals surface area contributed by atoms with Gasteiger partial charge in [0.25, 0.3) is 0 Å². The van der Waals surface area contributed by atoms with E-state index in [2.05, 4.69) is 0 Å². The lowest BCUT2D eigenvalue weighted by Gasteiger charge is -2.28. The number of ether oxygens (including phenoxy) is 3. The van der Waals surface area contributed by atoms with Crippen molar-refractivity contribution in [3.8, 4) is 0 Å². The molecular formula is C19H29NO6. The second-order valence-corrected chi connectivity index (χ2v) is 6.71. The summed E-state index contributed by atoms with van der Waals surface area (Å²) in [5.74, 6) is -4.85. The first-order chi connectivity index (χ1) is 12.2. The SMILES string of the molecule is CCOC(=O)C(C(=O)OCC)[C@@H](C(=O)OC(C)(C)C)c1cccn1CC. The smallest absolute Gasteiger partial charge is 0.321 e. The monoisotopic (exact) mass is 367 g/mol. The molecule has 1 aromatic heterocycles. The number of hydrogen-bond acceptors (Lipinski definition) is 6. The number of carbonyl (C=O) groups is 3. The predicted octanol–water partition coefficient (Wildman–Crippen LogP) is 2.68. The zero-order chi connectivity index (χ0) is 19.9. The molecule has 0 aliphatic heterocycles. The van der Waals surface area contributed by atoms with Crippen LogP contribution in [0.25, 0.3) is 0 Å². The normalized spacial score (nSPS) is 12.6. The van der Waals surface area contributed by atoms with Gasteiger partial charge in [0.2, 0.25) is 0 Å². The second kappa shape index (κ2) is 9.40. The van der Waals surface area contributed by atoms with E-state index >= 15 is 0 Å². The maximum Gasteiger partial charge on any atom is 0.321 e. The topological polar surface area (TPSA) is 83.8 Å². The minimum atomic E-state index is -1.43. The Morgan fingerprint density at radius 3 is 1.96 bits per heavy atom. The van der Waals surface area contributed by atoms with Crippen molar-refractivity contribution in [1.29, 1.82) is 0 Å². The Bertz CT molecular complexity index is 610. The number of rotatable bonds is 8. The highest BCUT2D eigenvalue weighted by Crippen LogP contribution is 2.31. The van der Waals surface area contributed by atoms with Gasteiger partial charge in [0.15, 0.2) is 5.92 Å². The van der Waals surface area contributed by atoms with Crippen molar-refractivity contribution in [2.45, 2.75) is 59.6 Å². The van der Waals surface area contributed by atoms with Crippen LogP contribution in [0.5, 0.6) is 0 Å². The van der Waals surface area contributed by atoms with Gasteiger partial charge in [-0.2, -0.15) is 0 Å². The lowest BCUT2D eigenvalue weighted by molar-refractivity contribution is -0.172. The third-order valence-corrected chi connectivity index (χ3v) is 3.60. The summed E-state index contributed by atoms with van der Waals surface area (Å²) in [6.45, 7) is 11.1. The second-order valence-electron chi connectivity index (χ2n) is 6.71. The molecular weight excluding hydrogens is 338 g/mol. The van der Waals surface area contributed by atoms with E-state index in [0.717, 1.165) is 0 Å². The molecule has 0 fully saturated rings. The zero-order valence-electron chi connectivity index (χ0n) is 16.4. The van der Waals surface area contributed by atoms with Gasteiger partial charge in [-0.3, -0.25) is 14.4 Å². The van der Waals surface area contributed by atoms with Crippen LogP contribution in [0, 0.1) is 5.92 Å². The summed E-state index contributed by atoms with van der Waals surface area (Å²) in [6.07, 6.45) is 1.78. The number of esters is 3. The van der Waals surface area contributed by atoms with Gasteiger partial charge in [-0.15, -0.1) is 0 Å². The van der Waals surface area contributed by atoms with E-state index in [4.69, 9.17) is 14.2 Å². The Morgan fingerprint density at radius 1 is 1.00 bits per heavy atom. The molecule has 146 valence electrons. The standard InChI is InChI=1S/C19H29NO6/c1-7-20-12-10-11-13(20)14(18(23)26-19(4,5)6)15(16(21)24-8-2)17(22)25-9-3/h10-12,14-15H,7-9H2,1-6H3/t14-/m0/s1. The molecule has 0 saturated carbocycles. The van der Waals surface area contributed by atoms with Crippen LogP contribution >= 0.6 is 0 Å². The average Bonchev–Trinajstić information content (AvgIpc) is 2.98. The molecule has 0 bridgehead atoms. The predicted molar refractivity (Wildman–Crippen MR) is 95.4 cm³/mol. The summed E-state index contributed by atoms with van der Waals surface area (Å²) in [5.41, 5.74) is -0.264. The number of nitrogens with zero attached hydrogens (tertiary/aromatic N) is 1. The highest BCUT2D eigenvalue weighted by molar-refractivity contribution is 6.01. The summed E-state index contributed by atoms with van der Waals surface area (Å²) in [7, 11) is 0. The van der Waals surface area contributed by atoms with Gasteiger partial charge in [-0.1, -0.05) is 0 Å². The fourth-order valence-electron chi connectivity index (χ4n) is 2.62. The van der Waals surface area contributed by atoms with Crippen molar-refractivity contribution in [3.63, 3.8) is 0 Å². The molecule has 1 rings (SSSR count). The van der Waals surface area contributed by atoms with Gasteiger partial charge < -0.3 is 18.8 Å². The van der Waals surface area contributed by atoms with E-state index in [0.29, 0.717) is 12.2 Å². The molecule has 0 radical (unpaired) electrons. The van der Waals surface area contributed by atoms with Crippen molar-refractivity contribution in [3.05, 3.63) is 24.0 Å². The number of aryl methyl sites for hydroxylation is 1. The lowest BCUT2D eigenvalue weighted by Crippen LogP contribution is -2.40. The largest absolute Gasteiger partial charge is 0.465 e. The van der Waals surface area contributed by atoms with Gasteiger partial charge in [0, 0.05) is 18.4 Å². The molecule has 0 unspecified atom stereocenters. The van der Waals surface area contributed by atoms with E-state index < -0.39 is 35.3 Å². The average molecular weight is 367 g/mol. The highest BCUT2D eigenvalue weighted by Gasteiger charge is 2.45. The van der Waals surface area contributed by atoms with E-state index in [1.165, 1.54) is 0 Å². The van der Waals surface area contributed by atoms with Crippen LogP contribution in [0.3, 0.4) is 0 Å². The minimum absolute atomic E-state index is 0.0879. The van der Waals surface area contributed by atoms with Gasteiger partial charge >= 0.3 is 17.9 Å². The Hall–Kier alpha value is -2.31. The minimum Gasteiger partial charge on any atom is -0.465 e. The maximum absolute atomic E-state index is 12.9. The molecule has 0 aliphatic rings. The number of carbonyl (C=O) groups excluding carboxylic acids is 3. The zero-order valence-corrected chi connectivity index (χ0v) is 16.4. The molecule has 26 heavy (non-hydrogen) atoms. The van der Waals surface area contributed by atoms with Crippen LogP contribution < -0.4 is 0 Å². The first-order valence-electron chi connectivity index (χ1n) is 8.87. The van der Waals surface area contributed by atoms with Crippen LogP contribution in [0.1, 0.15) is 53.2 Å². The van der Waals surface area contributed by atoms with Gasteiger partial charge in [0.05, 0.1) is 13.2 Å². The Balaban J connectivity index is 3.44. The highest BCUT2D eigenvalue weighted by atomic mass is 16.6. The number of aromatic nitrogens is 1. The molecule has 0 aromatic carbocycles. The molecule has 0 saturated heterocycles. The molecule has 0 N–H and O–H groups in total. The summed E-state index contributed by atoms with van der Waals surface area (Å²) in [4.78, 5) is 38.0. The van der Waals surface area contributed by atoms with Gasteiger partial charge in [0.1, 0.15) is 11.5 Å². The first kappa shape index (κ1) is 21.7. The van der Waals surface area contributed by atoms with Crippen LogP contribution in [0.15, 0.2) is 18.3 Å². The molecule has 1 heterocycles. The van der Waals surface area contributed by atoms with Gasteiger partial charge in [-0.05, 0) is 53.7 Å². The molecule has 0 aliphatic carbocycles. The molecule has 1 aromatic rings. The third kappa shape index (κ3) is 5.61. The quantitative estimate of drug-likeness (QED) is 0.399. The van der Waals surface area contributed by atoms with Gasteiger partial charge in [-0.25, -0.2) is 0 Å². The van der Waals surface area contributed by atoms with Crippen molar-refractivity contribution >= 4 is 17.9 Å². The van der Waals surface area contributed by atoms with Crippen molar-refractivity contribution in [2.75, 3.05) is 13.2 Å². The molecule has 0 amide bonds. The summed E-state index contributed by atoms with van der Waals surface area (Å²) < 4.78 is 17.4. The summed E-state index contributed by atoms with van der Waals surface area (Å²) in [6, 6.07) is 3.45. The van der Waals surface area contributed by atoms with E-state index in [1.807, 2.05) is 6.92 Å². The van der Waals surface area contributed by atoms with Crippen LogP contribution in [0.2, 0.25) is 0 Å². The third-order valence-electron chi connectivity index (χ3n) is 3.60. The lowest BCUT2D eigenvalue weighted by atomic mass is 9.88. The maximum atomic E-state index is 12.9. The fourth-order valence-corrected chi connectivity index (χ4v) is 2.62. The van der Waals surface area contributed by atoms with E-state index in [9.17, 15) is 14.4 Å². The van der Waals surface area contributed by atoms with E-state index in [-0.39, 0.29) is 13.2 Å². The molecule has 7 nitrogen and oxygen atoms in total. The van der Waals surface area contributed by atoms with E-state index in [1.54, 1.807) is 57.5 Å². The molecule has 7 heteroatoms. The first-order valence-corrected chi connectivity index (χ1v) is 8.87.